The van der Waals surface area contributed by atoms with Crippen molar-refractivity contribution in [3.05, 3.63) is 71.0 Å². The highest BCUT2D eigenvalue weighted by molar-refractivity contribution is 7.20. The number of nitrogens with one attached hydrogen (secondary N) is 1. The van der Waals surface area contributed by atoms with E-state index in [1.54, 1.807) is 12.1 Å². The van der Waals surface area contributed by atoms with Crippen molar-refractivity contribution >= 4 is 38.8 Å². The molecule has 158 valence electrons. The molecule has 0 spiro atoms. The zero-order chi connectivity index (χ0) is 21.4. The Morgan fingerprint density at radius 1 is 1.13 bits per heavy atom. The number of hydrogen-bond donors (Lipinski definition) is 1. The number of morpholine rings is 1. The van der Waals surface area contributed by atoms with Gasteiger partial charge in [0.1, 0.15) is 10.6 Å². The molecule has 1 N–H and O–H groups in total. The zero-order valence-corrected chi connectivity index (χ0v) is 17.8. The molecular formula is C23H21FN4O2S. The molecule has 3 heterocycles. The van der Waals surface area contributed by atoms with E-state index in [4.69, 9.17) is 4.74 Å². The summed E-state index contributed by atoms with van der Waals surface area (Å²) < 4.78 is 21.8. The number of halogens is 1. The highest BCUT2D eigenvalue weighted by Gasteiger charge is 2.19. The Labute approximate surface area is 182 Å². The molecule has 1 amide bonds. The predicted molar refractivity (Wildman–Crippen MR) is 121 cm³/mol. The van der Waals surface area contributed by atoms with Gasteiger partial charge in [-0.1, -0.05) is 18.2 Å². The first kappa shape index (κ1) is 19.7. The lowest BCUT2D eigenvalue weighted by molar-refractivity contribution is 0.103. The molecule has 0 aliphatic carbocycles. The maximum absolute atomic E-state index is 14.7. The minimum atomic E-state index is -0.355. The molecule has 0 bridgehead atoms. The Balaban J connectivity index is 1.39. The lowest BCUT2D eigenvalue weighted by atomic mass is 10.2. The number of benzene rings is 2. The molecule has 2 aromatic carbocycles. The molecule has 2 aromatic heterocycles. The van der Waals surface area contributed by atoms with Crippen molar-refractivity contribution in [2.45, 2.75) is 6.92 Å². The van der Waals surface area contributed by atoms with Crippen LogP contribution in [0.2, 0.25) is 0 Å². The second-order valence-electron chi connectivity index (χ2n) is 7.38. The molecule has 0 atom stereocenters. The van der Waals surface area contributed by atoms with Crippen molar-refractivity contribution in [2.75, 3.05) is 36.5 Å². The minimum Gasteiger partial charge on any atom is -0.378 e. The maximum Gasteiger partial charge on any atom is 0.265 e. The standard InChI is InChI=1S/C23H21FN4O2S/c1-15-18-14-21(31-23(18)28(26-15)17-5-3-2-4-6-17)22(29)25-16-7-8-20(19(24)13-16)27-9-11-30-12-10-27/h2-8,13-14H,9-12H2,1H3,(H,25,29). The number of rotatable bonds is 4. The maximum atomic E-state index is 14.7. The van der Waals surface area contributed by atoms with Crippen molar-refractivity contribution in [3.8, 4) is 5.69 Å². The van der Waals surface area contributed by atoms with Gasteiger partial charge in [0.05, 0.1) is 35.2 Å². The Kier molecular flexibility index (Phi) is 5.17. The molecule has 8 heteroatoms. The molecule has 1 aliphatic heterocycles. The topological polar surface area (TPSA) is 59.4 Å². The van der Waals surface area contributed by atoms with Gasteiger partial charge in [-0.2, -0.15) is 5.10 Å². The molecule has 6 nitrogen and oxygen atoms in total. The fourth-order valence-corrected chi connectivity index (χ4v) is 4.82. The smallest absolute Gasteiger partial charge is 0.265 e. The van der Waals surface area contributed by atoms with Crippen LogP contribution < -0.4 is 10.2 Å². The van der Waals surface area contributed by atoms with E-state index >= 15 is 0 Å². The van der Waals surface area contributed by atoms with Gasteiger partial charge >= 0.3 is 0 Å². The highest BCUT2D eigenvalue weighted by Crippen LogP contribution is 2.31. The van der Waals surface area contributed by atoms with Gasteiger partial charge in [0.25, 0.3) is 5.91 Å². The summed E-state index contributed by atoms with van der Waals surface area (Å²) in [5.74, 6) is -0.620. The number of hydrogen-bond acceptors (Lipinski definition) is 5. The Morgan fingerprint density at radius 2 is 1.90 bits per heavy atom. The van der Waals surface area contributed by atoms with Crippen LogP contribution in [-0.2, 0) is 4.74 Å². The number of thiophene rings is 1. The molecule has 31 heavy (non-hydrogen) atoms. The molecule has 0 unspecified atom stereocenters. The number of amides is 1. The molecule has 0 saturated carbocycles. The summed E-state index contributed by atoms with van der Waals surface area (Å²) in [5, 5.41) is 8.36. The molecular weight excluding hydrogens is 415 g/mol. The summed E-state index contributed by atoms with van der Waals surface area (Å²) in [6.07, 6.45) is 0. The first-order chi connectivity index (χ1) is 15.1. The highest BCUT2D eigenvalue weighted by atomic mass is 32.1. The molecule has 1 aliphatic rings. The van der Waals surface area contributed by atoms with Crippen LogP contribution in [0.4, 0.5) is 15.8 Å². The van der Waals surface area contributed by atoms with Crippen LogP contribution in [0.3, 0.4) is 0 Å². The largest absolute Gasteiger partial charge is 0.378 e. The fraction of sp³-hybridized carbons (Fsp3) is 0.217. The van der Waals surface area contributed by atoms with Crippen LogP contribution in [0, 0.1) is 12.7 Å². The number of aromatic nitrogens is 2. The number of anilines is 2. The summed E-state index contributed by atoms with van der Waals surface area (Å²) in [6, 6.07) is 16.5. The van der Waals surface area contributed by atoms with E-state index in [0.717, 1.165) is 21.6 Å². The minimum absolute atomic E-state index is 0.265. The van der Waals surface area contributed by atoms with E-state index in [1.165, 1.54) is 17.4 Å². The molecule has 1 fully saturated rings. The second-order valence-corrected chi connectivity index (χ2v) is 8.41. The summed E-state index contributed by atoms with van der Waals surface area (Å²) in [7, 11) is 0. The van der Waals surface area contributed by atoms with Gasteiger partial charge in [-0.05, 0) is 43.3 Å². The van der Waals surface area contributed by atoms with Gasteiger partial charge < -0.3 is 15.0 Å². The van der Waals surface area contributed by atoms with E-state index < -0.39 is 0 Å². The van der Waals surface area contributed by atoms with Gasteiger partial charge in [0.15, 0.2) is 0 Å². The van der Waals surface area contributed by atoms with Crippen molar-refractivity contribution < 1.29 is 13.9 Å². The fourth-order valence-electron chi connectivity index (χ4n) is 3.74. The zero-order valence-electron chi connectivity index (χ0n) is 17.0. The lowest BCUT2D eigenvalue weighted by Gasteiger charge is -2.29. The van der Waals surface area contributed by atoms with Crippen LogP contribution in [0.25, 0.3) is 15.9 Å². The second kappa shape index (κ2) is 8.13. The van der Waals surface area contributed by atoms with Gasteiger partial charge in [-0.3, -0.25) is 4.79 Å². The number of ether oxygens (including phenoxy) is 1. The summed E-state index contributed by atoms with van der Waals surface area (Å²) in [4.78, 5) is 16.3. The first-order valence-corrected chi connectivity index (χ1v) is 10.9. The van der Waals surface area contributed by atoms with Crippen LogP contribution in [0.15, 0.2) is 54.6 Å². The molecule has 4 aromatic rings. The average Bonchev–Trinajstić information content (AvgIpc) is 3.36. The van der Waals surface area contributed by atoms with E-state index in [-0.39, 0.29) is 11.7 Å². The SMILES string of the molecule is Cc1nn(-c2ccccc2)c2sc(C(=O)Nc3ccc(N4CCOCC4)c(F)c3)cc12. The summed E-state index contributed by atoms with van der Waals surface area (Å²) in [6.45, 7) is 4.41. The van der Waals surface area contributed by atoms with E-state index in [0.29, 0.717) is 42.6 Å². The quantitative estimate of drug-likeness (QED) is 0.507. The number of aryl methyl sites for hydroxylation is 1. The van der Waals surface area contributed by atoms with Crippen molar-refractivity contribution in [2.24, 2.45) is 0 Å². The van der Waals surface area contributed by atoms with Crippen molar-refractivity contribution in [3.63, 3.8) is 0 Å². The van der Waals surface area contributed by atoms with Gasteiger partial charge in [0.2, 0.25) is 0 Å². The summed E-state index contributed by atoms with van der Waals surface area (Å²) in [5.41, 5.74) is 2.75. The van der Waals surface area contributed by atoms with E-state index in [9.17, 15) is 9.18 Å². The Bertz CT molecular complexity index is 1250. The van der Waals surface area contributed by atoms with Crippen LogP contribution in [0.5, 0.6) is 0 Å². The van der Waals surface area contributed by atoms with Crippen LogP contribution in [0.1, 0.15) is 15.4 Å². The number of carbonyl (C=O) groups excluding carboxylic acids is 1. The van der Waals surface area contributed by atoms with Crippen LogP contribution >= 0.6 is 11.3 Å². The van der Waals surface area contributed by atoms with Crippen molar-refractivity contribution in [1.82, 2.24) is 9.78 Å². The molecule has 0 radical (unpaired) electrons. The summed E-state index contributed by atoms with van der Waals surface area (Å²) >= 11 is 1.37. The normalized spacial score (nSPS) is 14.2. The number of carbonyl (C=O) groups is 1. The molecule has 1 saturated heterocycles. The monoisotopic (exact) mass is 436 g/mol. The van der Waals surface area contributed by atoms with Crippen molar-refractivity contribution in [1.29, 1.82) is 0 Å². The third-order valence-corrected chi connectivity index (χ3v) is 6.44. The third-order valence-electron chi connectivity index (χ3n) is 5.33. The van der Waals surface area contributed by atoms with Crippen LogP contribution in [-0.4, -0.2) is 42.0 Å². The third kappa shape index (κ3) is 3.80. The van der Waals surface area contributed by atoms with E-state index in [1.807, 2.05) is 52.9 Å². The van der Waals surface area contributed by atoms with Gasteiger partial charge in [-0.15, -0.1) is 11.3 Å². The number of fused-ring (bicyclic) bond motifs is 1. The number of nitrogens with zero attached hydrogens (tertiary/aromatic N) is 3. The lowest BCUT2D eigenvalue weighted by Crippen LogP contribution is -2.36. The predicted octanol–water partition coefficient (Wildman–Crippen LogP) is 4.62. The Hall–Kier alpha value is -3.23. The van der Waals surface area contributed by atoms with Gasteiger partial charge in [0, 0.05) is 24.2 Å². The van der Waals surface area contributed by atoms with E-state index in [2.05, 4.69) is 10.4 Å². The number of para-hydroxylation sites is 1. The van der Waals surface area contributed by atoms with Gasteiger partial charge in [-0.25, -0.2) is 9.07 Å². The average molecular weight is 437 g/mol. The first-order valence-electron chi connectivity index (χ1n) is 10.1. The molecule has 5 rings (SSSR count). The Morgan fingerprint density at radius 3 is 2.65 bits per heavy atom.